The van der Waals surface area contributed by atoms with Gasteiger partial charge in [-0.05, 0) is 6.92 Å². The van der Waals surface area contributed by atoms with Crippen LogP contribution in [0.1, 0.15) is 10.8 Å². The zero-order valence-electron chi connectivity index (χ0n) is 13.3. The predicted octanol–water partition coefficient (Wildman–Crippen LogP) is 0.469. The number of hydrogen-bond donors (Lipinski definition) is 1. The van der Waals surface area contributed by atoms with Crippen LogP contribution in [-0.4, -0.2) is 60.6 Å². The molecule has 1 aliphatic heterocycles. The van der Waals surface area contributed by atoms with Crippen LogP contribution in [-0.2, 0) is 17.8 Å². The summed E-state index contributed by atoms with van der Waals surface area (Å²) >= 11 is 1.68. The Morgan fingerprint density at radius 3 is 3.17 bits per heavy atom. The van der Waals surface area contributed by atoms with Crippen LogP contribution in [0.15, 0.2) is 11.6 Å². The summed E-state index contributed by atoms with van der Waals surface area (Å²) in [4.78, 5) is 15.2. The van der Waals surface area contributed by atoms with Gasteiger partial charge in [0.15, 0.2) is 17.0 Å². The summed E-state index contributed by atoms with van der Waals surface area (Å²) in [6, 6.07) is 0. The van der Waals surface area contributed by atoms with Crippen LogP contribution in [0.5, 0.6) is 0 Å². The monoisotopic (exact) mass is 346 g/mol. The maximum atomic E-state index is 5.89. The van der Waals surface area contributed by atoms with E-state index in [1.54, 1.807) is 22.9 Å². The normalized spacial score (nSPS) is 19.1. The second-order valence-corrected chi connectivity index (χ2v) is 6.73. The first-order valence-corrected chi connectivity index (χ1v) is 8.62. The van der Waals surface area contributed by atoms with Gasteiger partial charge in [-0.25, -0.2) is 19.6 Å². The van der Waals surface area contributed by atoms with Gasteiger partial charge in [-0.1, -0.05) is 5.21 Å². The number of morpholine rings is 1. The van der Waals surface area contributed by atoms with E-state index in [-0.39, 0.29) is 6.10 Å². The molecule has 0 aliphatic carbocycles. The van der Waals surface area contributed by atoms with E-state index in [0.717, 1.165) is 24.6 Å². The SMILES string of the molecule is Cc1nc(N)c2nnn(CC3CN(Cc4nccs4)CCO3)c2n1. The van der Waals surface area contributed by atoms with Gasteiger partial charge in [-0.15, -0.1) is 16.4 Å². The highest BCUT2D eigenvalue weighted by Gasteiger charge is 2.23. The molecule has 1 saturated heterocycles. The number of ether oxygens (including phenoxy) is 1. The summed E-state index contributed by atoms with van der Waals surface area (Å²) in [5.74, 6) is 0.970. The van der Waals surface area contributed by atoms with E-state index in [1.807, 2.05) is 11.6 Å². The summed E-state index contributed by atoms with van der Waals surface area (Å²) in [6.45, 7) is 5.66. The summed E-state index contributed by atoms with van der Waals surface area (Å²) < 4.78 is 7.64. The van der Waals surface area contributed by atoms with Gasteiger partial charge in [0.2, 0.25) is 0 Å². The molecule has 4 rings (SSSR count). The number of rotatable bonds is 4. The largest absolute Gasteiger partial charge is 0.382 e. The van der Waals surface area contributed by atoms with E-state index in [1.165, 1.54) is 0 Å². The molecule has 2 N–H and O–H groups in total. The van der Waals surface area contributed by atoms with Gasteiger partial charge in [0.25, 0.3) is 0 Å². The number of nitrogen functional groups attached to an aromatic ring is 1. The van der Waals surface area contributed by atoms with E-state index >= 15 is 0 Å². The molecule has 0 amide bonds. The van der Waals surface area contributed by atoms with Crippen LogP contribution < -0.4 is 5.73 Å². The molecule has 1 fully saturated rings. The Kier molecular flexibility index (Phi) is 4.08. The zero-order valence-corrected chi connectivity index (χ0v) is 14.1. The minimum atomic E-state index is 0.0279. The number of nitrogens with zero attached hydrogens (tertiary/aromatic N) is 7. The van der Waals surface area contributed by atoms with E-state index in [0.29, 0.717) is 36.0 Å². The number of thiazole rings is 1. The van der Waals surface area contributed by atoms with Gasteiger partial charge in [-0.2, -0.15) is 0 Å². The van der Waals surface area contributed by atoms with Crippen molar-refractivity contribution < 1.29 is 4.74 Å². The molecule has 1 aliphatic rings. The van der Waals surface area contributed by atoms with E-state index in [9.17, 15) is 0 Å². The summed E-state index contributed by atoms with van der Waals surface area (Å²) in [6.07, 6.45) is 1.87. The van der Waals surface area contributed by atoms with Crippen LogP contribution in [0.2, 0.25) is 0 Å². The van der Waals surface area contributed by atoms with Gasteiger partial charge in [0.05, 0.1) is 25.8 Å². The highest BCUT2D eigenvalue weighted by atomic mass is 32.1. The average molecular weight is 346 g/mol. The van der Waals surface area contributed by atoms with Crippen molar-refractivity contribution in [2.24, 2.45) is 0 Å². The van der Waals surface area contributed by atoms with Crippen molar-refractivity contribution in [2.45, 2.75) is 26.1 Å². The summed E-state index contributed by atoms with van der Waals surface area (Å²) in [5, 5.41) is 11.4. The fourth-order valence-electron chi connectivity index (χ4n) is 2.86. The number of fused-ring (bicyclic) bond motifs is 1. The summed E-state index contributed by atoms with van der Waals surface area (Å²) in [5.41, 5.74) is 7.08. The molecule has 9 nitrogen and oxygen atoms in total. The Morgan fingerprint density at radius 1 is 1.42 bits per heavy atom. The van der Waals surface area contributed by atoms with Gasteiger partial charge in [0.1, 0.15) is 10.8 Å². The van der Waals surface area contributed by atoms with Gasteiger partial charge >= 0.3 is 0 Å². The smallest absolute Gasteiger partial charge is 0.184 e. The van der Waals surface area contributed by atoms with Crippen molar-refractivity contribution in [1.29, 1.82) is 0 Å². The molecule has 1 atom stereocenters. The Bertz CT molecular complexity index is 833. The summed E-state index contributed by atoms with van der Waals surface area (Å²) in [7, 11) is 0. The molecule has 126 valence electrons. The molecule has 0 saturated carbocycles. The van der Waals surface area contributed by atoms with Crippen molar-refractivity contribution in [3.8, 4) is 0 Å². The van der Waals surface area contributed by atoms with Crippen molar-refractivity contribution in [3.63, 3.8) is 0 Å². The fourth-order valence-corrected chi connectivity index (χ4v) is 3.52. The molecular weight excluding hydrogens is 328 g/mol. The zero-order chi connectivity index (χ0) is 16.5. The second-order valence-electron chi connectivity index (χ2n) is 5.75. The van der Waals surface area contributed by atoms with E-state index < -0.39 is 0 Å². The number of nitrogens with two attached hydrogens (primary N) is 1. The molecule has 1 unspecified atom stereocenters. The number of anilines is 1. The van der Waals surface area contributed by atoms with Gasteiger partial charge in [0, 0.05) is 24.7 Å². The number of aryl methyl sites for hydroxylation is 1. The van der Waals surface area contributed by atoms with Crippen molar-refractivity contribution in [1.82, 2.24) is 34.8 Å². The maximum Gasteiger partial charge on any atom is 0.184 e. The molecule has 0 bridgehead atoms. The van der Waals surface area contributed by atoms with Crippen LogP contribution in [0.25, 0.3) is 11.2 Å². The van der Waals surface area contributed by atoms with Crippen molar-refractivity contribution >= 4 is 28.3 Å². The van der Waals surface area contributed by atoms with Crippen molar-refractivity contribution in [3.05, 3.63) is 22.4 Å². The molecule has 0 radical (unpaired) electrons. The standard InChI is InChI=1S/C14H18N8OS/c1-9-17-13(15)12-14(18-9)22(20-19-12)7-10-6-21(3-4-23-10)8-11-16-2-5-24-11/h2,5,10H,3-4,6-8H2,1H3,(H2,15,17,18). The lowest BCUT2D eigenvalue weighted by Gasteiger charge is -2.32. The Balaban J connectivity index is 1.49. The van der Waals surface area contributed by atoms with Crippen LogP contribution in [0.3, 0.4) is 0 Å². The predicted molar refractivity (Wildman–Crippen MR) is 89.4 cm³/mol. The highest BCUT2D eigenvalue weighted by Crippen LogP contribution is 2.17. The number of aromatic nitrogens is 6. The third-order valence-electron chi connectivity index (χ3n) is 3.94. The fraction of sp³-hybridized carbons (Fsp3) is 0.500. The lowest BCUT2D eigenvalue weighted by molar-refractivity contribution is -0.0399. The minimum absolute atomic E-state index is 0.0279. The second kappa shape index (κ2) is 6.38. The molecule has 10 heteroatoms. The van der Waals surface area contributed by atoms with Gasteiger partial charge < -0.3 is 10.5 Å². The first kappa shape index (κ1) is 15.4. The van der Waals surface area contributed by atoms with Crippen molar-refractivity contribution in [2.75, 3.05) is 25.4 Å². The van der Waals surface area contributed by atoms with Gasteiger partial charge in [-0.3, -0.25) is 4.90 Å². The van der Waals surface area contributed by atoms with Crippen LogP contribution in [0, 0.1) is 6.92 Å². The number of hydrogen-bond acceptors (Lipinski definition) is 9. The Hall–Kier alpha value is -2.17. The Labute approximate surface area is 142 Å². The molecule has 3 aromatic rings. The molecule has 0 aromatic carbocycles. The highest BCUT2D eigenvalue weighted by molar-refractivity contribution is 7.09. The molecule has 24 heavy (non-hydrogen) atoms. The average Bonchev–Trinajstić information content (AvgIpc) is 3.18. The lowest BCUT2D eigenvalue weighted by Crippen LogP contribution is -2.43. The molecule has 3 aromatic heterocycles. The molecular formula is C14H18N8OS. The van der Waals surface area contributed by atoms with Crippen LogP contribution >= 0.6 is 11.3 Å². The first-order valence-electron chi connectivity index (χ1n) is 7.74. The maximum absolute atomic E-state index is 5.89. The lowest BCUT2D eigenvalue weighted by atomic mass is 10.2. The third-order valence-corrected chi connectivity index (χ3v) is 4.71. The topological polar surface area (TPSA) is 108 Å². The third kappa shape index (κ3) is 3.07. The minimum Gasteiger partial charge on any atom is -0.382 e. The molecule has 4 heterocycles. The van der Waals surface area contributed by atoms with E-state index in [2.05, 4.69) is 30.2 Å². The Morgan fingerprint density at radius 2 is 2.33 bits per heavy atom. The van der Waals surface area contributed by atoms with Crippen LogP contribution in [0.4, 0.5) is 5.82 Å². The van der Waals surface area contributed by atoms with E-state index in [4.69, 9.17) is 10.5 Å². The quantitative estimate of drug-likeness (QED) is 0.726. The molecule has 0 spiro atoms. The first-order chi connectivity index (χ1) is 11.7.